The van der Waals surface area contributed by atoms with Crippen LogP contribution >= 0.6 is 0 Å². The van der Waals surface area contributed by atoms with Crippen LogP contribution in [0.4, 0.5) is 0 Å². The molecule has 0 spiro atoms. The summed E-state index contributed by atoms with van der Waals surface area (Å²) in [5.74, 6) is -2.32. The van der Waals surface area contributed by atoms with Gasteiger partial charge in [-0.05, 0) is 49.9 Å². The second kappa shape index (κ2) is 16.7. The van der Waals surface area contributed by atoms with Gasteiger partial charge in [-0.3, -0.25) is 49.0 Å². The maximum absolute atomic E-state index is 13.0. The number of nitrogens with zero attached hydrogens (tertiary/aromatic N) is 2. The van der Waals surface area contributed by atoms with E-state index in [2.05, 4.69) is 21.3 Å². The van der Waals surface area contributed by atoms with Crippen LogP contribution < -0.4 is 30.7 Å². The average Bonchev–Trinajstić information content (AvgIpc) is 3.65. The van der Waals surface area contributed by atoms with E-state index in [0.717, 1.165) is 0 Å². The Labute approximate surface area is 304 Å². The van der Waals surface area contributed by atoms with Crippen LogP contribution in [-0.2, 0) is 46.6 Å². The minimum atomic E-state index is -0.746. The average molecular weight is 733 g/mol. The molecule has 280 valence electrons. The van der Waals surface area contributed by atoms with Crippen LogP contribution in [0.25, 0.3) is 0 Å². The summed E-state index contributed by atoms with van der Waals surface area (Å²) in [6.45, 7) is 1.22. The number of nitrogens with one attached hydrogen (secondary N) is 4. The maximum Gasteiger partial charge on any atom is 0.257 e. The predicted octanol–water partition coefficient (Wildman–Crippen LogP) is -0.304. The Balaban J connectivity index is 0.819. The number of rotatable bonds is 16. The first-order chi connectivity index (χ1) is 25.6. The van der Waals surface area contributed by atoms with Crippen LogP contribution in [0.1, 0.15) is 70.4 Å². The fourth-order valence-corrected chi connectivity index (χ4v) is 6.68. The zero-order valence-electron chi connectivity index (χ0n) is 28.9. The normalized spacial score (nSPS) is 19.4. The minimum Gasteiger partial charge on any atom is -0.483 e. The topological polar surface area (TPSA) is 219 Å². The van der Waals surface area contributed by atoms with Crippen molar-refractivity contribution in [2.24, 2.45) is 0 Å². The molecule has 2 aromatic rings. The van der Waals surface area contributed by atoms with Crippen molar-refractivity contribution < 1.29 is 52.6 Å². The number of carbonyl (C=O) groups excluding carboxylic acids is 8. The second-order valence-electron chi connectivity index (χ2n) is 13.0. The predicted molar refractivity (Wildman–Crippen MR) is 182 cm³/mol. The summed E-state index contributed by atoms with van der Waals surface area (Å²) in [7, 11) is 0. The van der Waals surface area contributed by atoms with Crippen molar-refractivity contribution in [1.82, 2.24) is 31.1 Å². The van der Waals surface area contributed by atoms with Crippen LogP contribution in [0.5, 0.6) is 11.5 Å². The third kappa shape index (κ3) is 8.63. The number of imide groups is 2. The maximum atomic E-state index is 13.0. The zero-order valence-corrected chi connectivity index (χ0v) is 28.9. The lowest BCUT2D eigenvalue weighted by Crippen LogP contribution is -2.52. The molecule has 6 rings (SSSR count). The molecule has 2 atom stereocenters. The van der Waals surface area contributed by atoms with E-state index < -0.39 is 23.9 Å². The highest BCUT2D eigenvalue weighted by Crippen LogP contribution is 2.35. The summed E-state index contributed by atoms with van der Waals surface area (Å²) in [4.78, 5) is 101. The first kappa shape index (κ1) is 36.9. The van der Waals surface area contributed by atoms with E-state index >= 15 is 0 Å². The molecule has 2 saturated heterocycles. The molecule has 0 aromatic heterocycles. The van der Waals surface area contributed by atoms with Crippen LogP contribution in [0, 0.1) is 0 Å². The number of benzene rings is 2. The molecular formula is C36H40N6O11. The molecule has 17 nitrogen and oxygen atoms in total. The van der Waals surface area contributed by atoms with E-state index in [1.54, 1.807) is 36.4 Å². The molecule has 0 bridgehead atoms. The van der Waals surface area contributed by atoms with Gasteiger partial charge in [0.2, 0.25) is 23.6 Å². The van der Waals surface area contributed by atoms with Gasteiger partial charge in [0.1, 0.15) is 23.6 Å². The largest absolute Gasteiger partial charge is 0.483 e. The summed E-state index contributed by atoms with van der Waals surface area (Å²) in [5, 5.41) is 10.1. The van der Waals surface area contributed by atoms with E-state index in [1.165, 1.54) is 9.80 Å². The molecule has 2 aromatic carbocycles. The summed E-state index contributed by atoms with van der Waals surface area (Å²) in [5.41, 5.74) is 1.97. The molecule has 0 saturated carbocycles. The SMILES string of the molecule is O=C(COc1cccc2c1CN(C1CCC(=O)NC1=O)C2=O)NCCCOCCCNC(=O)COc1cccc2c1CN(C1CCC(=O)NC1=O)C2=O. The van der Waals surface area contributed by atoms with Crippen LogP contribution in [0.15, 0.2) is 36.4 Å². The molecule has 0 aliphatic carbocycles. The summed E-state index contributed by atoms with van der Waals surface area (Å²) in [6.07, 6.45) is 1.90. The van der Waals surface area contributed by atoms with Crippen molar-refractivity contribution in [2.45, 2.75) is 63.7 Å². The number of piperidine rings is 2. The summed E-state index contributed by atoms with van der Waals surface area (Å²) in [6, 6.07) is 8.41. The van der Waals surface area contributed by atoms with Crippen LogP contribution in [0.2, 0.25) is 0 Å². The van der Waals surface area contributed by atoms with Gasteiger partial charge >= 0.3 is 0 Å². The first-order valence-corrected chi connectivity index (χ1v) is 17.5. The molecule has 2 unspecified atom stereocenters. The van der Waals surface area contributed by atoms with Crippen molar-refractivity contribution >= 4 is 47.3 Å². The van der Waals surface area contributed by atoms with Crippen molar-refractivity contribution in [3.05, 3.63) is 58.7 Å². The number of amides is 8. The van der Waals surface area contributed by atoms with Crippen LogP contribution in [-0.4, -0.2) is 109 Å². The summed E-state index contributed by atoms with van der Waals surface area (Å²) >= 11 is 0. The second-order valence-corrected chi connectivity index (χ2v) is 13.0. The Hall–Kier alpha value is -5.84. The van der Waals surface area contributed by atoms with Crippen molar-refractivity contribution in [1.29, 1.82) is 0 Å². The lowest BCUT2D eigenvalue weighted by molar-refractivity contribution is -0.138. The van der Waals surface area contributed by atoms with E-state index in [9.17, 15) is 38.4 Å². The van der Waals surface area contributed by atoms with Gasteiger partial charge in [-0.1, -0.05) is 12.1 Å². The Kier molecular flexibility index (Phi) is 11.6. The minimum absolute atomic E-state index is 0.139. The lowest BCUT2D eigenvalue weighted by atomic mass is 10.0. The molecule has 2 fully saturated rings. The third-order valence-corrected chi connectivity index (χ3v) is 9.37. The fraction of sp³-hybridized carbons (Fsp3) is 0.444. The van der Waals surface area contributed by atoms with Crippen molar-refractivity contribution in [3.63, 3.8) is 0 Å². The zero-order chi connectivity index (χ0) is 37.5. The van der Waals surface area contributed by atoms with E-state index in [4.69, 9.17) is 14.2 Å². The molecule has 4 heterocycles. The Bertz CT molecular complexity index is 1700. The molecular weight excluding hydrogens is 692 g/mol. The summed E-state index contributed by atoms with van der Waals surface area (Å²) < 4.78 is 17.0. The van der Waals surface area contributed by atoms with Crippen LogP contribution in [0.3, 0.4) is 0 Å². The number of hydrogen-bond donors (Lipinski definition) is 4. The molecule has 4 aliphatic heterocycles. The molecule has 0 radical (unpaired) electrons. The van der Waals surface area contributed by atoms with Crippen molar-refractivity contribution in [2.75, 3.05) is 39.5 Å². The number of fused-ring (bicyclic) bond motifs is 2. The third-order valence-electron chi connectivity index (χ3n) is 9.37. The van der Waals surface area contributed by atoms with Gasteiger partial charge in [0.05, 0.1) is 13.1 Å². The van der Waals surface area contributed by atoms with Gasteiger partial charge in [-0.15, -0.1) is 0 Å². The quantitative estimate of drug-likeness (QED) is 0.130. The lowest BCUT2D eigenvalue weighted by Gasteiger charge is -2.29. The van der Waals surface area contributed by atoms with Gasteiger partial charge in [0.15, 0.2) is 13.2 Å². The molecule has 17 heteroatoms. The highest BCUT2D eigenvalue weighted by atomic mass is 16.5. The van der Waals surface area contributed by atoms with E-state index in [-0.39, 0.29) is 87.4 Å². The fourth-order valence-electron chi connectivity index (χ4n) is 6.68. The highest BCUT2D eigenvalue weighted by molar-refractivity contribution is 6.06. The van der Waals surface area contributed by atoms with Gasteiger partial charge in [-0.2, -0.15) is 0 Å². The number of carbonyl (C=O) groups is 8. The van der Waals surface area contributed by atoms with Gasteiger partial charge < -0.3 is 34.6 Å². The van der Waals surface area contributed by atoms with Gasteiger partial charge in [0, 0.05) is 61.4 Å². The van der Waals surface area contributed by atoms with E-state index in [1.807, 2.05) is 0 Å². The molecule has 8 amide bonds. The van der Waals surface area contributed by atoms with E-state index in [0.29, 0.717) is 72.9 Å². The van der Waals surface area contributed by atoms with Crippen molar-refractivity contribution in [3.8, 4) is 11.5 Å². The Morgan fingerprint density at radius 3 is 1.51 bits per heavy atom. The smallest absolute Gasteiger partial charge is 0.257 e. The monoisotopic (exact) mass is 732 g/mol. The van der Waals surface area contributed by atoms with Gasteiger partial charge in [0.25, 0.3) is 23.6 Å². The highest BCUT2D eigenvalue weighted by Gasteiger charge is 2.41. The molecule has 4 N–H and O–H groups in total. The van der Waals surface area contributed by atoms with Gasteiger partial charge in [-0.25, -0.2) is 0 Å². The molecule has 53 heavy (non-hydrogen) atoms. The Morgan fingerprint density at radius 1 is 0.660 bits per heavy atom. The first-order valence-electron chi connectivity index (χ1n) is 17.5. The number of ether oxygens (including phenoxy) is 3. The number of hydrogen-bond acceptors (Lipinski definition) is 11. The standard InChI is InChI=1S/C36H40N6O11/c43-29-11-9-25(33(47)39-29)41-17-23-21(35(41)49)5-1-7-27(23)52-19-31(45)37-13-3-15-51-16-4-14-38-32(46)20-53-28-8-2-6-22-24(28)18-42(36(22)50)26-10-12-30(44)40-34(26)48/h1-2,5-8,25-26H,3-4,9-20H2,(H,37,45)(H,38,46)(H,39,43,47)(H,40,44,48). The molecule has 4 aliphatic rings. The Morgan fingerprint density at radius 2 is 1.09 bits per heavy atom.